The Morgan fingerprint density at radius 1 is 1.07 bits per heavy atom. The van der Waals surface area contributed by atoms with Crippen LogP contribution < -0.4 is 15.6 Å². The molecule has 0 radical (unpaired) electrons. The summed E-state index contributed by atoms with van der Waals surface area (Å²) in [6.45, 7) is 1.87. The molecule has 8 nitrogen and oxygen atoms in total. The van der Waals surface area contributed by atoms with E-state index >= 15 is 0 Å². The minimum atomic E-state index is -0.479. The van der Waals surface area contributed by atoms with E-state index in [-0.39, 0.29) is 25.2 Å². The fraction of sp³-hybridized carbons (Fsp3) is 0.263. The molecule has 8 heteroatoms. The molecule has 1 N–H and O–H groups in total. The molecule has 0 bridgehead atoms. The molecule has 1 aromatic carbocycles. The number of rotatable bonds is 6. The number of imide groups is 1. The summed E-state index contributed by atoms with van der Waals surface area (Å²) in [7, 11) is 1.48. The molecule has 0 unspecified atom stereocenters. The first kappa shape index (κ1) is 18.4. The first-order valence-electron chi connectivity index (χ1n) is 8.39. The number of aromatic nitrogens is 1. The molecule has 3 amide bonds. The smallest absolute Gasteiger partial charge is 0.262 e. The van der Waals surface area contributed by atoms with E-state index in [1.54, 1.807) is 37.3 Å². The van der Waals surface area contributed by atoms with Crippen molar-refractivity contribution in [1.29, 1.82) is 0 Å². The lowest BCUT2D eigenvalue weighted by atomic mass is 10.1. The summed E-state index contributed by atoms with van der Waals surface area (Å²) in [5, 5.41) is 2.63. The van der Waals surface area contributed by atoms with Crippen LogP contribution in [0.3, 0.4) is 0 Å². The molecule has 0 atom stereocenters. The standard InChI is InChI=1S/C19H19N3O5/c1-12-9-13(27-2)10-17(24)21(12)8-7-20-16(23)11-22-18(25)14-5-3-4-6-15(14)19(22)26/h3-6,9-10H,7-8,11H2,1-2H3,(H,20,23). The third kappa shape index (κ3) is 3.59. The number of pyridine rings is 1. The number of hydrogen-bond acceptors (Lipinski definition) is 5. The van der Waals surface area contributed by atoms with Gasteiger partial charge in [-0.15, -0.1) is 0 Å². The highest BCUT2D eigenvalue weighted by molar-refractivity contribution is 6.22. The number of amides is 3. The molecule has 2 heterocycles. The number of nitrogens with zero attached hydrogens (tertiary/aromatic N) is 2. The van der Waals surface area contributed by atoms with E-state index < -0.39 is 17.7 Å². The number of fused-ring (bicyclic) bond motifs is 1. The summed E-state index contributed by atoms with van der Waals surface area (Å²) < 4.78 is 6.55. The minimum Gasteiger partial charge on any atom is -0.496 e. The van der Waals surface area contributed by atoms with E-state index in [2.05, 4.69) is 5.32 Å². The van der Waals surface area contributed by atoms with Crippen LogP contribution in [0.15, 0.2) is 41.2 Å². The molecule has 1 aliphatic heterocycles. The van der Waals surface area contributed by atoms with Gasteiger partial charge in [-0.3, -0.25) is 24.1 Å². The normalized spacial score (nSPS) is 12.9. The third-order valence-electron chi connectivity index (χ3n) is 4.38. The van der Waals surface area contributed by atoms with Crippen molar-refractivity contribution in [3.8, 4) is 5.75 Å². The number of nitrogens with one attached hydrogen (secondary N) is 1. The number of hydrogen-bond donors (Lipinski definition) is 1. The fourth-order valence-electron chi connectivity index (χ4n) is 2.99. The molecule has 3 rings (SSSR count). The molecule has 0 saturated heterocycles. The summed E-state index contributed by atoms with van der Waals surface area (Å²) in [5.41, 5.74) is 1.07. The van der Waals surface area contributed by atoms with Crippen LogP contribution in [0, 0.1) is 6.92 Å². The van der Waals surface area contributed by atoms with E-state index in [9.17, 15) is 19.2 Å². The highest BCUT2D eigenvalue weighted by Crippen LogP contribution is 2.21. The van der Waals surface area contributed by atoms with Gasteiger partial charge in [-0.25, -0.2) is 0 Å². The number of carbonyl (C=O) groups excluding carboxylic acids is 3. The first-order chi connectivity index (χ1) is 12.9. The molecular formula is C19H19N3O5. The van der Waals surface area contributed by atoms with Gasteiger partial charge in [0.15, 0.2) is 0 Å². The van der Waals surface area contributed by atoms with Crippen molar-refractivity contribution < 1.29 is 19.1 Å². The Labute approximate surface area is 155 Å². The summed E-state index contributed by atoms with van der Waals surface area (Å²) in [4.78, 5) is 49.6. The Kier molecular flexibility index (Phi) is 5.07. The van der Waals surface area contributed by atoms with E-state index in [1.807, 2.05) is 0 Å². The summed E-state index contributed by atoms with van der Waals surface area (Å²) in [5.74, 6) is -0.951. The van der Waals surface area contributed by atoms with Crippen LogP contribution in [0.4, 0.5) is 0 Å². The maximum Gasteiger partial charge on any atom is 0.262 e. The monoisotopic (exact) mass is 369 g/mol. The van der Waals surface area contributed by atoms with Gasteiger partial charge in [-0.05, 0) is 25.1 Å². The zero-order chi connectivity index (χ0) is 19.6. The lowest BCUT2D eigenvalue weighted by Crippen LogP contribution is -2.41. The van der Waals surface area contributed by atoms with Gasteiger partial charge in [-0.1, -0.05) is 12.1 Å². The lowest BCUT2D eigenvalue weighted by molar-refractivity contribution is -0.121. The molecule has 1 aromatic heterocycles. The zero-order valence-corrected chi connectivity index (χ0v) is 15.0. The number of carbonyl (C=O) groups is 3. The Bertz CT molecular complexity index is 945. The third-order valence-corrected chi connectivity index (χ3v) is 4.38. The molecule has 0 aliphatic carbocycles. The summed E-state index contributed by atoms with van der Waals surface area (Å²) in [6, 6.07) is 9.55. The van der Waals surface area contributed by atoms with Gasteiger partial charge >= 0.3 is 0 Å². The van der Waals surface area contributed by atoms with Crippen molar-refractivity contribution in [2.24, 2.45) is 0 Å². The van der Waals surface area contributed by atoms with E-state index in [4.69, 9.17) is 4.74 Å². The van der Waals surface area contributed by atoms with Crippen LogP contribution in [0.25, 0.3) is 0 Å². The van der Waals surface area contributed by atoms with Crippen LogP contribution >= 0.6 is 0 Å². The molecule has 27 heavy (non-hydrogen) atoms. The van der Waals surface area contributed by atoms with Crippen LogP contribution in [-0.2, 0) is 11.3 Å². The Balaban J connectivity index is 1.58. The van der Waals surface area contributed by atoms with Crippen molar-refractivity contribution in [1.82, 2.24) is 14.8 Å². The first-order valence-corrected chi connectivity index (χ1v) is 8.39. The summed E-state index contributed by atoms with van der Waals surface area (Å²) >= 11 is 0. The molecule has 0 fully saturated rings. The second kappa shape index (κ2) is 7.45. The molecule has 0 saturated carbocycles. The van der Waals surface area contributed by atoms with Crippen LogP contribution in [0.2, 0.25) is 0 Å². The second-order valence-electron chi connectivity index (χ2n) is 6.12. The molecule has 140 valence electrons. The minimum absolute atomic E-state index is 0.190. The highest BCUT2D eigenvalue weighted by Gasteiger charge is 2.36. The van der Waals surface area contributed by atoms with Crippen molar-refractivity contribution in [3.05, 3.63) is 63.6 Å². The van der Waals surface area contributed by atoms with Crippen LogP contribution in [0.5, 0.6) is 5.75 Å². The van der Waals surface area contributed by atoms with E-state index in [0.29, 0.717) is 22.6 Å². The topological polar surface area (TPSA) is 97.7 Å². The van der Waals surface area contributed by atoms with Crippen molar-refractivity contribution >= 4 is 17.7 Å². The SMILES string of the molecule is COc1cc(C)n(CCNC(=O)CN2C(=O)c3ccccc3C2=O)c(=O)c1. The number of methoxy groups -OCH3 is 1. The maximum absolute atomic E-state index is 12.3. The van der Waals surface area contributed by atoms with Crippen molar-refractivity contribution in [2.75, 3.05) is 20.2 Å². The van der Waals surface area contributed by atoms with E-state index in [1.165, 1.54) is 17.7 Å². The molecule has 0 spiro atoms. The molecular weight excluding hydrogens is 350 g/mol. The van der Waals surface area contributed by atoms with Gasteiger partial charge in [0.1, 0.15) is 12.3 Å². The Hall–Kier alpha value is -3.42. The van der Waals surface area contributed by atoms with Crippen LogP contribution in [-0.4, -0.2) is 47.4 Å². The van der Waals surface area contributed by atoms with Gasteiger partial charge < -0.3 is 14.6 Å². The highest BCUT2D eigenvalue weighted by atomic mass is 16.5. The predicted octanol–water partition coefficient (Wildman–Crippen LogP) is 0.578. The fourth-order valence-corrected chi connectivity index (χ4v) is 2.99. The predicted molar refractivity (Wildman–Crippen MR) is 96.8 cm³/mol. The summed E-state index contributed by atoms with van der Waals surface area (Å²) in [6.07, 6.45) is 0. The average Bonchev–Trinajstić information content (AvgIpc) is 2.89. The second-order valence-corrected chi connectivity index (χ2v) is 6.12. The average molecular weight is 369 g/mol. The quantitative estimate of drug-likeness (QED) is 0.751. The number of aryl methyl sites for hydroxylation is 1. The Morgan fingerprint density at radius 3 is 2.26 bits per heavy atom. The molecule has 2 aromatic rings. The van der Waals surface area contributed by atoms with Gasteiger partial charge in [0.25, 0.3) is 17.4 Å². The number of ether oxygens (including phenoxy) is 1. The van der Waals surface area contributed by atoms with Gasteiger partial charge in [0.2, 0.25) is 5.91 Å². The largest absolute Gasteiger partial charge is 0.496 e. The van der Waals surface area contributed by atoms with Crippen LogP contribution in [0.1, 0.15) is 26.4 Å². The maximum atomic E-state index is 12.3. The lowest BCUT2D eigenvalue weighted by Gasteiger charge is -2.15. The van der Waals surface area contributed by atoms with Gasteiger partial charge in [0.05, 0.1) is 18.2 Å². The molecule has 1 aliphatic rings. The zero-order valence-electron chi connectivity index (χ0n) is 15.0. The van der Waals surface area contributed by atoms with Crippen molar-refractivity contribution in [2.45, 2.75) is 13.5 Å². The van der Waals surface area contributed by atoms with Gasteiger partial charge in [0, 0.05) is 24.8 Å². The van der Waals surface area contributed by atoms with Gasteiger partial charge in [-0.2, -0.15) is 0 Å². The Morgan fingerprint density at radius 2 is 1.70 bits per heavy atom. The van der Waals surface area contributed by atoms with E-state index in [0.717, 1.165) is 4.90 Å². The number of benzene rings is 1. The van der Waals surface area contributed by atoms with Crippen molar-refractivity contribution in [3.63, 3.8) is 0 Å².